The van der Waals surface area contributed by atoms with Crippen LogP contribution in [-0.2, 0) is 4.74 Å². The first-order valence-corrected chi connectivity index (χ1v) is 6.20. The van der Waals surface area contributed by atoms with Crippen LogP contribution in [0.4, 0.5) is 0 Å². The van der Waals surface area contributed by atoms with Crippen LogP contribution in [0, 0.1) is 0 Å². The molecule has 4 heteroatoms. The predicted molar refractivity (Wildman–Crippen MR) is 70.2 cm³/mol. The maximum absolute atomic E-state index is 10.1. The summed E-state index contributed by atoms with van der Waals surface area (Å²) in [6.07, 6.45) is 1.38. The third-order valence-corrected chi connectivity index (χ3v) is 2.71. The first-order valence-electron chi connectivity index (χ1n) is 6.20. The molecule has 0 spiro atoms. The number of ether oxygens (including phenoxy) is 3. The van der Waals surface area contributed by atoms with Gasteiger partial charge in [-0.15, -0.1) is 0 Å². The molecular weight excluding hydrogens is 232 g/mol. The van der Waals surface area contributed by atoms with Crippen molar-refractivity contribution in [2.75, 3.05) is 27.4 Å². The highest BCUT2D eigenvalue weighted by atomic mass is 16.5. The van der Waals surface area contributed by atoms with Crippen molar-refractivity contribution in [2.24, 2.45) is 0 Å². The highest BCUT2D eigenvalue weighted by Gasteiger charge is 2.14. The maximum Gasteiger partial charge on any atom is 0.125 e. The summed E-state index contributed by atoms with van der Waals surface area (Å²) in [6.45, 7) is 3.04. The summed E-state index contributed by atoms with van der Waals surface area (Å²) >= 11 is 0. The molecule has 0 amide bonds. The lowest BCUT2D eigenvalue weighted by molar-refractivity contribution is 0.0337. The summed E-state index contributed by atoms with van der Waals surface area (Å²) in [4.78, 5) is 0. The van der Waals surface area contributed by atoms with Crippen LogP contribution in [0.15, 0.2) is 18.2 Å². The van der Waals surface area contributed by atoms with E-state index < -0.39 is 6.10 Å². The van der Waals surface area contributed by atoms with E-state index >= 15 is 0 Å². The van der Waals surface area contributed by atoms with Crippen LogP contribution in [0.2, 0.25) is 0 Å². The molecule has 0 bridgehead atoms. The summed E-state index contributed by atoms with van der Waals surface area (Å²) in [7, 11) is 3.17. The molecule has 0 aliphatic carbocycles. The summed E-state index contributed by atoms with van der Waals surface area (Å²) < 4.78 is 15.8. The van der Waals surface area contributed by atoms with Crippen LogP contribution in [0.3, 0.4) is 0 Å². The minimum absolute atomic E-state index is 0.267. The summed E-state index contributed by atoms with van der Waals surface area (Å²) in [5, 5.41) is 10.1. The predicted octanol–water partition coefficient (Wildman–Crippen LogP) is 2.55. The lowest BCUT2D eigenvalue weighted by Crippen LogP contribution is -2.09. The molecule has 4 nitrogen and oxygen atoms in total. The molecule has 1 aromatic carbocycles. The van der Waals surface area contributed by atoms with Crippen molar-refractivity contribution in [1.82, 2.24) is 0 Å². The number of unbranched alkanes of at least 4 members (excludes halogenated alkanes) is 1. The van der Waals surface area contributed by atoms with E-state index in [2.05, 4.69) is 6.92 Å². The van der Waals surface area contributed by atoms with Gasteiger partial charge in [0, 0.05) is 12.2 Å². The number of hydrogen-bond acceptors (Lipinski definition) is 4. The van der Waals surface area contributed by atoms with Crippen LogP contribution in [-0.4, -0.2) is 32.5 Å². The van der Waals surface area contributed by atoms with Crippen LogP contribution < -0.4 is 9.47 Å². The van der Waals surface area contributed by atoms with Crippen molar-refractivity contribution < 1.29 is 19.3 Å². The fraction of sp³-hybridized carbons (Fsp3) is 0.571. The van der Waals surface area contributed by atoms with Gasteiger partial charge in [-0.25, -0.2) is 0 Å². The molecule has 0 saturated carbocycles. The molecule has 0 saturated heterocycles. The second-order valence-electron chi connectivity index (χ2n) is 4.05. The number of rotatable bonds is 8. The molecule has 1 N–H and O–H groups in total. The summed E-state index contributed by atoms with van der Waals surface area (Å²) in [6, 6.07) is 5.35. The van der Waals surface area contributed by atoms with Gasteiger partial charge in [0.2, 0.25) is 0 Å². The van der Waals surface area contributed by atoms with Gasteiger partial charge < -0.3 is 19.3 Å². The van der Waals surface area contributed by atoms with E-state index in [-0.39, 0.29) is 6.61 Å². The number of aliphatic hydroxyl groups is 1. The van der Waals surface area contributed by atoms with Crippen molar-refractivity contribution >= 4 is 0 Å². The quantitative estimate of drug-likeness (QED) is 0.724. The van der Waals surface area contributed by atoms with Gasteiger partial charge in [-0.05, 0) is 24.6 Å². The molecule has 0 aliphatic rings. The van der Waals surface area contributed by atoms with Gasteiger partial charge in [0.15, 0.2) is 0 Å². The average molecular weight is 254 g/mol. The lowest BCUT2D eigenvalue weighted by atomic mass is 10.1. The highest BCUT2D eigenvalue weighted by molar-refractivity contribution is 5.41. The van der Waals surface area contributed by atoms with Gasteiger partial charge in [0.25, 0.3) is 0 Å². The maximum atomic E-state index is 10.1. The number of hydrogen-bond donors (Lipinski definition) is 1. The molecular formula is C14H22O4. The monoisotopic (exact) mass is 254 g/mol. The Morgan fingerprint density at radius 2 is 2.00 bits per heavy atom. The van der Waals surface area contributed by atoms with Gasteiger partial charge in [0.1, 0.15) is 17.6 Å². The van der Waals surface area contributed by atoms with Gasteiger partial charge >= 0.3 is 0 Å². The molecule has 0 aromatic heterocycles. The van der Waals surface area contributed by atoms with Crippen LogP contribution in [0.25, 0.3) is 0 Å². The zero-order valence-electron chi connectivity index (χ0n) is 11.3. The van der Waals surface area contributed by atoms with Crippen LogP contribution >= 0.6 is 0 Å². The van der Waals surface area contributed by atoms with Crippen LogP contribution in [0.1, 0.15) is 31.4 Å². The third kappa shape index (κ3) is 4.20. The molecule has 0 heterocycles. The molecule has 0 radical (unpaired) electrons. The Morgan fingerprint density at radius 1 is 1.22 bits per heavy atom. The van der Waals surface area contributed by atoms with Crippen molar-refractivity contribution in [2.45, 2.75) is 25.9 Å². The fourth-order valence-corrected chi connectivity index (χ4v) is 1.63. The van der Waals surface area contributed by atoms with E-state index in [0.29, 0.717) is 23.7 Å². The highest BCUT2D eigenvalue weighted by Crippen LogP contribution is 2.29. The first kappa shape index (κ1) is 14.8. The topological polar surface area (TPSA) is 47.9 Å². The lowest BCUT2D eigenvalue weighted by Gasteiger charge is -2.16. The second-order valence-corrected chi connectivity index (χ2v) is 4.05. The van der Waals surface area contributed by atoms with Crippen molar-refractivity contribution in [1.29, 1.82) is 0 Å². The third-order valence-electron chi connectivity index (χ3n) is 2.71. The Kier molecular flexibility index (Phi) is 6.54. The summed E-state index contributed by atoms with van der Waals surface area (Å²) in [5.41, 5.74) is 0.688. The van der Waals surface area contributed by atoms with E-state index in [1.165, 1.54) is 0 Å². The molecule has 1 rings (SSSR count). The number of methoxy groups -OCH3 is 2. The summed E-state index contributed by atoms with van der Waals surface area (Å²) in [5.74, 6) is 1.33. The Morgan fingerprint density at radius 3 is 2.61 bits per heavy atom. The van der Waals surface area contributed by atoms with E-state index in [4.69, 9.17) is 14.2 Å². The molecule has 0 aliphatic heterocycles. The van der Waals surface area contributed by atoms with Crippen molar-refractivity contribution in [3.8, 4) is 11.5 Å². The zero-order chi connectivity index (χ0) is 13.4. The molecule has 18 heavy (non-hydrogen) atoms. The minimum Gasteiger partial charge on any atom is -0.497 e. The Balaban J connectivity index is 2.66. The van der Waals surface area contributed by atoms with Crippen molar-refractivity contribution in [3.63, 3.8) is 0 Å². The Labute approximate surface area is 108 Å². The second kappa shape index (κ2) is 7.95. The SMILES string of the molecule is CCCCOCC(O)c1cc(OC)ccc1OC. The van der Waals surface area contributed by atoms with Gasteiger partial charge in [0.05, 0.1) is 20.8 Å². The zero-order valence-corrected chi connectivity index (χ0v) is 11.3. The molecule has 102 valence electrons. The minimum atomic E-state index is -0.702. The Hall–Kier alpha value is -1.26. The normalized spacial score (nSPS) is 12.2. The fourth-order valence-electron chi connectivity index (χ4n) is 1.63. The molecule has 1 atom stereocenters. The first-order chi connectivity index (χ1) is 8.72. The van der Waals surface area contributed by atoms with E-state index in [1.807, 2.05) is 0 Å². The Bertz CT molecular complexity index is 352. The number of aliphatic hydroxyl groups excluding tert-OH is 1. The van der Waals surface area contributed by atoms with E-state index in [9.17, 15) is 5.11 Å². The van der Waals surface area contributed by atoms with E-state index in [0.717, 1.165) is 12.8 Å². The number of benzene rings is 1. The molecule has 1 unspecified atom stereocenters. The standard InChI is InChI=1S/C14H22O4/c1-4-5-8-18-10-13(15)12-9-11(16-2)6-7-14(12)17-3/h6-7,9,13,15H,4-5,8,10H2,1-3H3. The van der Waals surface area contributed by atoms with Crippen LogP contribution in [0.5, 0.6) is 11.5 Å². The smallest absolute Gasteiger partial charge is 0.125 e. The van der Waals surface area contributed by atoms with Crippen molar-refractivity contribution in [3.05, 3.63) is 23.8 Å². The largest absolute Gasteiger partial charge is 0.497 e. The van der Waals surface area contributed by atoms with Gasteiger partial charge in [-0.1, -0.05) is 13.3 Å². The average Bonchev–Trinajstić information content (AvgIpc) is 2.42. The van der Waals surface area contributed by atoms with Gasteiger partial charge in [-0.2, -0.15) is 0 Å². The molecule has 0 fully saturated rings. The van der Waals surface area contributed by atoms with E-state index in [1.54, 1.807) is 32.4 Å². The molecule has 1 aromatic rings. The van der Waals surface area contributed by atoms with Gasteiger partial charge in [-0.3, -0.25) is 0 Å².